The Labute approximate surface area is 128 Å². The summed E-state index contributed by atoms with van der Waals surface area (Å²) in [5.74, 6) is 1.95. The Hall–Kier alpha value is -1.09. The zero-order valence-electron chi connectivity index (χ0n) is 13.4. The third kappa shape index (κ3) is 4.99. The second-order valence-corrected chi connectivity index (χ2v) is 6.67. The highest BCUT2D eigenvalue weighted by atomic mass is 19.1. The molecular formula is C18H28FNO. The Kier molecular flexibility index (Phi) is 6.04. The number of anilines is 1. The van der Waals surface area contributed by atoms with Crippen LogP contribution < -0.4 is 5.32 Å². The molecule has 2 rings (SSSR count). The summed E-state index contributed by atoms with van der Waals surface area (Å²) in [5, 5.41) is 3.28. The largest absolute Gasteiger partial charge is 0.383 e. The van der Waals surface area contributed by atoms with Crippen LogP contribution in [0.25, 0.3) is 0 Å². The van der Waals surface area contributed by atoms with Gasteiger partial charge in [0, 0.05) is 12.2 Å². The number of hydrogen-bond acceptors (Lipinski definition) is 2. The van der Waals surface area contributed by atoms with Crippen molar-refractivity contribution in [3.8, 4) is 0 Å². The van der Waals surface area contributed by atoms with Gasteiger partial charge in [-0.3, -0.25) is 0 Å². The molecule has 1 saturated carbocycles. The van der Waals surface area contributed by atoms with Gasteiger partial charge in [-0.05, 0) is 54.9 Å². The highest BCUT2D eigenvalue weighted by molar-refractivity contribution is 5.42. The maximum Gasteiger partial charge on any atom is 0.123 e. The first-order valence-corrected chi connectivity index (χ1v) is 8.17. The molecule has 1 aromatic carbocycles. The number of halogens is 1. The molecule has 3 unspecified atom stereocenters. The Morgan fingerprint density at radius 1 is 1.24 bits per heavy atom. The first-order chi connectivity index (χ1) is 10.1. The predicted octanol–water partition coefficient (Wildman–Crippen LogP) is 4.72. The van der Waals surface area contributed by atoms with Crippen molar-refractivity contribution in [3.63, 3.8) is 0 Å². The summed E-state index contributed by atoms with van der Waals surface area (Å²) in [5.41, 5.74) is 0.942. The summed E-state index contributed by atoms with van der Waals surface area (Å²) < 4.78 is 19.0. The van der Waals surface area contributed by atoms with Crippen molar-refractivity contribution in [2.24, 2.45) is 17.8 Å². The van der Waals surface area contributed by atoms with E-state index < -0.39 is 0 Å². The van der Waals surface area contributed by atoms with Crippen molar-refractivity contribution in [1.29, 1.82) is 0 Å². The van der Waals surface area contributed by atoms with E-state index in [0.29, 0.717) is 24.5 Å². The lowest BCUT2D eigenvalue weighted by molar-refractivity contribution is -0.0340. The lowest BCUT2D eigenvalue weighted by atomic mass is 9.75. The van der Waals surface area contributed by atoms with Crippen molar-refractivity contribution >= 4 is 5.69 Å². The quantitative estimate of drug-likeness (QED) is 0.767. The van der Waals surface area contributed by atoms with Gasteiger partial charge in [0.2, 0.25) is 0 Å². The molecule has 1 aromatic rings. The summed E-state index contributed by atoms with van der Waals surface area (Å²) >= 11 is 0. The summed E-state index contributed by atoms with van der Waals surface area (Å²) in [6, 6.07) is 6.46. The average molecular weight is 293 g/mol. The van der Waals surface area contributed by atoms with Gasteiger partial charge in [-0.2, -0.15) is 0 Å². The predicted molar refractivity (Wildman–Crippen MR) is 86.0 cm³/mol. The molecular weight excluding hydrogens is 265 g/mol. The third-order valence-electron chi connectivity index (χ3n) is 4.57. The van der Waals surface area contributed by atoms with E-state index in [9.17, 15) is 4.39 Å². The highest BCUT2D eigenvalue weighted by Gasteiger charge is 2.31. The van der Waals surface area contributed by atoms with Gasteiger partial charge >= 0.3 is 0 Å². The van der Waals surface area contributed by atoms with Crippen molar-refractivity contribution in [2.75, 3.05) is 18.5 Å². The van der Waals surface area contributed by atoms with Crippen LogP contribution in [0.2, 0.25) is 0 Å². The summed E-state index contributed by atoms with van der Waals surface area (Å²) in [4.78, 5) is 0. The Balaban J connectivity index is 1.74. The zero-order valence-corrected chi connectivity index (χ0v) is 13.4. The van der Waals surface area contributed by atoms with E-state index in [1.165, 1.54) is 31.4 Å². The third-order valence-corrected chi connectivity index (χ3v) is 4.57. The molecule has 1 aliphatic carbocycles. The van der Waals surface area contributed by atoms with Crippen LogP contribution in [0.1, 0.15) is 40.0 Å². The molecule has 0 bridgehead atoms. The first kappa shape index (κ1) is 16.3. The van der Waals surface area contributed by atoms with Crippen LogP contribution in [-0.4, -0.2) is 19.3 Å². The van der Waals surface area contributed by atoms with Crippen LogP contribution in [0.3, 0.4) is 0 Å². The fraction of sp³-hybridized carbons (Fsp3) is 0.667. The summed E-state index contributed by atoms with van der Waals surface area (Å²) in [7, 11) is 0. The molecule has 1 fully saturated rings. The smallest absolute Gasteiger partial charge is 0.123 e. The molecule has 0 saturated heterocycles. The topological polar surface area (TPSA) is 21.3 Å². The lowest BCUT2D eigenvalue weighted by Crippen LogP contribution is -2.35. The normalized spacial score (nSPS) is 26.0. The minimum absolute atomic E-state index is 0.201. The van der Waals surface area contributed by atoms with Gasteiger partial charge in [0.1, 0.15) is 5.82 Å². The maximum atomic E-state index is 12.8. The van der Waals surface area contributed by atoms with Crippen molar-refractivity contribution in [1.82, 2.24) is 0 Å². The number of nitrogens with one attached hydrogen (secondary N) is 1. The maximum absolute atomic E-state index is 12.8. The average Bonchev–Trinajstić information content (AvgIpc) is 2.45. The fourth-order valence-electron chi connectivity index (χ4n) is 3.28. The fourth-order valence-corrected chi connectivity index (χ4v) is 3.28. The summed E-state index contributed by atoms with van der Waals surface area (Å²) in [6.45, 7) is 8.39. The van der Waals surface area contributed by atoms with Gasteiger partial charge in [-0.15, -0.1) is 0 Å². The number of hydrogen-bond donors (Lipinski definition) is 1. The van der Waals surface area contributed by atoms with Crippen LogP contribution >= 0.6 is 0 Å². The van der Waals surface area contributed by atoms with Crippen LogP contribution in [0.5, 0.6) is 0 Å². The standard InChI is InChI=1S/C18H28FNO/c1-13(2)17-9-4-14(3)12-18(17)21-11-10-20-16-7-5-15(19)6-8-16/h5-8,13-14,17-18,20H,4,9-12H2,1-3H3. The van der Waals surface area contributed by atoms with E-state index in [0.717, 1.165) is 18.2 Å². The molecule has 0 heterocycles. The molecule has 0 radical (unpaired) electrons. The second-order valence-electron chi connectivity index (χ2n) is 6.67. The van der Waals surface area contributed by atoms with Crippen LogP contribution in [-0.2, 0) is 4.74 Å². The minimum atomic E-state index is -0.201. The van der Waals surface area contributed by atoms with Gasteiger partial charge in [-0.25, -0.2) is 4.39 Å². The van der Waals surface area contributed by atoms with Crippen molar-refractivity contribution < 1.29 is 9.13 Å². The van der Waals surface area contributed by atoms with E-state index in [-0.39, 0.29) is 5.82 Å². The molecule has 0 amide bonds. The van der Waals surface area contributed by atoms with Gasteiger partial charge in [-0.1, -0.05) is 27.2 Å². The second kappa shape index (κ2) is 7.79. The number of ether oxygens (including phenoxy) is 1. The Bertz CT molecular complexity index is 418. The molecule has 118 valence electrons. The molecule has 3 heteroatoms. The molecule has 0 spiro atoms. The summed E-state index contributed by atoms with van der Waals surface area (Å²) in [6.07, 6.45) is 4.19. The SMILES string of the molecule is CC1CCC(C(C)C)C(OCCNc2ccc(F)cc2)C1. The van der Waals surface area contributed by atoms with E-state index >= 15 is 0 Å². The highest BCUT2D eigenvalue weighted by Crippen LogP contribution is 2.35. The van der Waals surface area contributed by atoms with Crippen LogP contribution in [0.4, 0.5) is 10.1 Å². The lowest BCUT2D eigenvalue weighted by Gasteiger charge is -2.37. The van der Waals surface area contributed by atoms with Crippen molar-refractivity contribution in [2.45, 2.75) is 46.1 Å². The molecule has 0 aromatic heterocycles. The Morgan fingerprint density at radius 2 is 1.95 bits per heavy atom. The Morgan fingerprint density at radius 3 is 2.62 bits per heavy atom. The number of rotatable bonds is 6. The minimum Gasteiger partial charge on any atom is -0.383 e. The van der Waals surface area contributed by atoms with Gasteiger partial charge in [0.15, 0.2) is 0 Å². The van der Waals surface area contributed by atoms with Gasteiger partial charge in [0.05, 0.1) is 12.7 Å². The van der Waals surface area contributed by atoms with Crippen LogP contribution in [0.15, 0.2) is 24.3 Å². The zero-order chi connectivity index (χ0) is 15.2. The van der Waals surface area contributed by atoms with Crippen LogP contribution in [0, 0.1) is 23.6 Å². The van der Waals surface area contributed by atoms with E-state index in [4.69, 9.17) is 4.74 Å². The molecule has 0 aliphatic heterocycles. The molecule has 21 heavy (non-hydrogen) atoms. The van der Waals surface area contributed by atoms with Crippen molar-refractivity contribution in [3.05, 3.63) is 30.1 Å². The van der Waals surface area contributed by atoms with E-state index in [2.05, 4.69) is 26.1 Å². The number of benzene rings is 1. The van der Waals surface area contributed by atoms with Gasteiger partial charge < -0.3 is 10.1 Å². The molecule has 1 aliphatic rings. The molecule has 2 nitrogen and oxygen atoms in total. The van der Waals surface area contributed by atoms with E-state index in [1.54, 1.807) is 12.1 Å². The first-order valence-electron chi connectivity index (χ1n) is 8.17. The monoisotopic (exact) mass is 293 g/mol. The van der Waals surface area contributed by atoms with Gasteiger partial charge in [0.25, 0.3) is 0 Å². The van der Waals surface area contributed by atoms with E-state index in [1.807, 2.05) is 0 Å². The molecule has 1 N–H and O–H groups in total. The molecule has 3 atom stereocenters.